The van der Waals surface area contributed by atoms with Crippen molar-refractivity contribution in [1.82, 2.24) is 14.8 Å². The van der Waals surface area contributed by atoms with Gasteiger partial charge in [-0.1, -0.05) is 17.4 Å². The predicted octanol–water partition coefficient (Wildman–Crippen LogP) is 3.38. The number of fused-ring (bicyclic) bond motifs is 1. The van der Waals surface area contributed by atoms with Crippen LogP contribution in [0.2, 0.25) is 0 Å². The molecule has 0 radical (unpaired) electrons. The first-order valence-electron chi connectivity index (χ1n) is 8.61. The van der Waals surface area contributed by atoms with Crippen LogP contribution in [-0.4, -0.2) is 34.4 Å². The number of aromatic nitrogens is 3. The summed E-state index contributed by atoms with van der Waals surface area (Å²) in [7, 11) is 1.66. The third kappa shape index (κ3) is 3.42. The van der Waals surface area contributed by atoms with Crippen molar-refractivity contribution in [2.45, 2.75) is 31.9 Å². The lowest BCUT2D eigenvalue weighted by Gasteiger charge is -2.07. The van der Waals surface area contributed by atoms with Gasteiger partial charge in [0.1, 0.15) is 16.9 Å². The Morgan fingerprint density at radius 1 is 1.42 bits per heavy atom. The molecule has 1 fully saturated rings. The summed E-state index contributed by atoms with van der Waals surface area (Å²) in [5.74, 6) is 0.756. The molecule has 3 aromatic rings. The van der Waals surface area contributed by atoms with Crippen LogP contribution in [0.25, 0.3) is 10.9 Å². The van der Waals surface area contributed by atoms with Crippen molar-refractivity contribution < 1.29 is 14.3 Å². The summed E-state index contributed by atoms with van der Waals surface area (Å²) in [5.41, 5.74) is 1.05. The maximum atomic E-state index is 12.3. The van der Waals surface area contributed by atoms with Crippen LogP contribution in [0, 0.1) is 0 Å². The Morgan fingerprint density at radius 3 is 3.15 bits per heavy atom. The Labute approximate surface area is 154 Å². The Hall–Kier alpha value is -2.45. The second-order valence-corrected chi connectivity index (χ2v) is 7.16. The van der Waals surface area contributed by atoms with Gasteiger partial charge in [-0.2, -0.15) is 0 Å². The molecule has 1 saturated heterocycles. The number of hydrogen-bond acceptors (Lipinski definition) is 6. The molecular weight excluding hydrogens is 352 g/mol. The van der Waals surface area contributed by atoms with Gasteiger partial charge in [-0.15, -0.1) is 10.2 Å². The molecule has 0 saturated carbocycles. The van der Waals surface area contributed by atoms with Gasteiger partial charge in [0.05, 0.1) is 12.6 Å². The van der Waals surface area contributed by atoms with Crippen LogP contribution in [0.5, 0.6) is 5.75 Å². The van der Waals surface area contributed by atoms with Crippen LogP contribution < -0.4 is 10.1 Å². The first kappa shape index (κ1) is 17.0. The van der Waals surface area contributed by atoms with Gasteiger partial charge < -0.3 is 19.4 Å². The average Bonchev–Trinajstić information content (AvgIpc) is 3.39. The molecular formula is C18H20N4O3S. The number of aryl methyl sites for hydroxylation is 1. The quantitative estimate of drug-likeness (QED) is 0.718. The van der Waals surface area contributed by atoms with Gasteiger partial charge in [-0.3, -0.25) is 4.79 Å². The Bertz CT molecular complexity index is 914. The lowest BCUT2D eigenvalue weighted by atomic mass is 10.2. The fourth-order valence-electron chi connectivity index (χ4n) is 3.16. The Morgan fingerprint density at radius 2 is 2.35 bits per heavy atom. The van der Waals surface area contributed by atoms with Crippen molar-refractivity contribution >= 4 is 33.3 Å². The molecule has 7 nitrogen and oxygen atoms in total. The molecule has 0 bridgehead atoms. The summed E-state index contributed by atoms with van der Waals surface area (Å²) in [6.45, 7) is 1.35. The normalized spacial score (nSPS) is 16.9. The standard InChI is InChI=1S/C18H20N4O3S/c1-24-14-5-2-4-13-12(14)7-9-22(13)10-8-16(23)19-18-21-20-17(26-18)15-6-3-11-25-15/h2,4-5,7,9,15H,3,6,8,10-11H2,1H3,(H,19,21,23). The summed E-state index contributed by atoms with van der Waals surface area (Å²) in [4.78, 5) is 12.3. The van der Waals surface area contributed by atoms with Gasteiger partial charge in [0.25, 0.3) is 0 Å². The van der Waals surface area contributed by atoms with Crippen LogP contribution >= 0.6 is 11.3 Å². The van der Waals surface area contributed by atoms with Gasteiger partial charge in [-0.25, -0.2) is 0 Å². The van der Waals surface area contributed by atoms with Gasteiger partial charge >= 0.3 is 0 Å². The van der Waals surface area contributed by atoms with E-state index in [2.05, 4.69) is 20.1 Å². The van der Waals surface area contributed by atoms with Crippen molar-refractivity contribution in [2.75, 3.05) is 19.0 Å². The van der Waals surface area contributed by atoms with Gasteiger partial charge in [0, 0.05) is 31.2 Å². The third-order valence-corrected chi connectivity index (χ3v) is 5.40. The molecule has 2 aromatic heterocycles. The number of carbonyl (C=O) groups is 1. The summed E-state index contributed by atoms with van der Waals surface area (Å²) < 4.78 is 13.0. The van der Waals surface area contributed by atoms with Gasteiger partial charge in [-0.05, 0) is 31.0 Å². The molecule has 136 valence electrons. The number of methoxy groups -OCH3 is 1. The summed E-state index contributed by atoms with van der Waals surface area (Å²) >= 11 is 1.39. The molecule has 0 aliphatic carbocycles. The predicted molar refractivity (Wildman–Crippen MR) is 99.6 cm³/mol. The first-order valence-corrected chi connectivity index (χ1v) is 9.43. The number of nitrogens with one attached hydrogen (secondary N) is 1. The van der Waals surface area contributed by atoms with Crippen molar-refractivity contribution in [3.8, 4) is 5.75 Å². The van der Waals surface area contributed by atoms with Gasteiger partial charge in [0.2, 0.25) is 11.0 Å². The van der Waals surface area contributed by atoms with Crippen molar-refractivity contribution in [1.29, 1.82) is 0 Å². The third-order valence-electron chi connectivity index (χ3n) is 4.47. The molecule has 1 unspecified atom stereocenters. The summed E-state index contributed by atoms with van der Waals surface area (Å²) in [6.07, 6.45) is 4.37. The summed E-state index contributed by atoms with van der Waals surface area (Å²) in [6, 6.07) is 7.91. The molecule has 8 heteroatoms. The zero-order valence-corrected chi connectivity index (χ0v) is 15.3. The maximum absolute atomic E-state index is 12.3. The number of carbonyl (C=O) groups excluding carboxylic acids is 1. The zero-order chi connectivity index (χ0) is 17.9. The Balaban J connectivity index is 1.37. The van der Waals surface area contributed by atoms with E-state index < -0.39 is 0 Å². The number of benzene rings is 1. The molecule has 0 spiro atoms. The number of nitrogens with zero attached hydrogens (tertiary/aromatic N) is 3. The van der Waals surface area contributed by atoms with E-state index in [-0.39, 0.29) is 12.0 Å². The molecule has 26 heavy (non-hydrogen) atoms. The van der Waals surface area contributed by atoms with E-state index in [1.54, 1.807) is 7.11 Å². The highest BCUT2D eigenvalue weighted by Crippen LogP contribution is 2.32. The smallest absolute Gasteiger partial charge is 0.227 e. The van der Waals surface area contributed by atoms with Crippen LogP contribution in [-0.2, 0) is 16.1 Å². The highest BCUT2D eigenvalue weighted by Gasteiger charge is 2.22. The Kier molecular flexibility index (Phi) is 4.85. The van der Waals surface area contributed by atoms with Crippen LogP contribution in [0.3, 0.4) is 0 Å². The van der Waals surface area contributed by atoms with Crippen LogP contribution in [0.15, 0.2) is 30.5 Å². The minimum atomic E-state index is -0.0789. The fraction of sp³-hybridized carbons (Fsp3) is 0.389. The minimum absolute atomic E-state index is 0.0272. The van der Waals surface area contributed by atoms with E-state index >= 15 is 0 Å². The zero-order valence-electron chi connectivity index (χ0n) is 14.5. The number of rotatable bonds is 6. The highest BCUT2D eigenvalue weighted by molar-refractivity contribution is 7.15. The molecule has 1 aliphatic rings. The SMILES string of the molecule is COc1cccc2c1ccn2CCC(=O)Nc1nnc(C2CCCO2)s1. The van der Waals surface area contributed by atoms with E-state index in [0.29, 0.717) is 18.1 Å². The largest absolute Gasteiger partial charge is 0.496 e. The molecule has 1 amide bonds. The minimum Gasteiger partial charge on any atom is -0.496 e. The molecule has 4 rings (SSSR count). The van der Waals surface area contributed by atoms with Crippen LogP contribution in [0.4, 0.5) is 5.13 Å². The van der Waals surface area contributed by atoms with E-state index in [4.69, 9.17) is 9.47 Å². The number of anilines is 1. The molecule has 1 atom stereocenters. The second kappa shape index (κ2) is 7.43. The van der Waals surface area contributed by atoms with E-state index in [1.807, 2.05) is 30.5 Å². The fourth-order valence-corrected chi connectivity index (χ4v) is 4.00. The summed E-state index contributed by atoms with van der Waals surface area (Å²) in [5, 5.41) is 13.4. The molecule has 1 aromatic carbocycles. The molecule has 1 N–H and O–H groups in total. The first-order chi connectivity index (χ1) is 12.7. The van der Waals surface area contributed by atoms with Crippen molar-refractivity contribution in [3.05, 3.63) is 35.5 Å². The molecule has 1 aliphatic heterocycles. The topological polar surface area (TPSA) is 78.3 Å². The highest BCUT2D eigenvalue weighted by atomic mass is 32.1. The van der Waals surface area contributed by atoms with Crippen molar-refractivity contribution in [2.24, 2.45) is 0 Å². The van der Waals surface area contributed by atoms with Gasteiger partial charge in [0.15, 0.2) is 0 Å². The average molecular weight is 372 g/mol. The molecule has 3 heterocycles. The number of hydrogen-bond donors (Lipinski definition) is 1. The number of amides is 1. The van der Waals surface area contributed by atoms with Crippen molar-refractivity contribution in [3.63, 3.8) is 0 Å². The lowest BCUT2D eigenvalue weighted by molar-refractivity contribution is -0.116. The van der Waals surface area contributed by atoms with Crippen LogP contribution in [0.1, 0.15) is 30.4 Å². The monoisotopic (exact) mass is 372 g/mol. The number of ether oxygens (including phenoxy) is 2. The lowest BCUT2D eigenvalue weighted by Crippen LogP contribution is -2.14. The van der Waals surface area contributed by atoms with E-state index in [9.17, 15) is 4.79 Å². The maximum Gasteiger partial charge on any atom is 0.227 e. The van der Waals surface area contributed by atoms with E-state index in [0.717, 1.165) is 41.1 Å². The van der Waals surface area contributed by atoms with E-state index in [1.165, 1.54) is 11.3 Å². The second-order valence-electron chi connectivity index (χ2n) is 6.15.